The quantitative estimate of drug-likeness (QED) is 0.842. The number of carbonyl (C=O) groups is 1. The lowest BCUT2D eigenvalue weighted by molar-refractivity contribution is -0.158. The topological polar surface area (TPSA) is 46.5 Å². The summed E-state index contributed by atoms with van der Waals surface area (Å²) < 4.78 is 5.00. The van der Waals surface area contributed by atoms with E-state index in [9.17, 15) is 9.90 Å². The molecule has 0 aromatic heterocycles. The Morgan fingerprint density at radius 2 is 2.05 bits per heavy atom. The van der Waals surface area contributed by atoms with Crippen molar-refractivity contribution in [1.29, 1.82) is 0 Å². The van der Waals surface area contributed by atoms with Gasteiger partial charge in [-0.15, -0.1) is 0 Å². The van der Waals surface area contributed by atoms with Crippen molar-refractivity contribution in [2.45, 2.75) is 32.8 Å². The number of esters is 1. The van der Waals surface area contributed by atoms with Gasteiger partial charge in [0.25, 0.3) is 0 Å². The zero-order chi connectivity index (χ0) is 14.6. The summed E-state index contributed by atoms with van der Waals surface area (Å²) in [5, 5.41) is 11.5. The first-order valence-corrected chi connectivity index (χ1v) is 6.94. The zero-order valence-electron chi connectivity index (χ0n) is 11.2. The molecule has 0 saturated carbocycles. The van der Waals surface area contributed by atoms with Crippen molar-refractivity contribution < 1.29 is 14.6 Å². The number of hydrogen-bond donors (Lipinski definition) is 1. The van der Waals surface area contributed by atoms with Gasteiger partial charge in [0.05, 0.1) is 12.5 Å². The van der Waals surface area contributed by atoms with Crippen LogP contribution in [-0.4, -0.2) is 17.7 Å². The van der Waals surface area contributed by atoms with Crippen molar-refractivity contribution >= 4 is 29.2 Å². The number of hydrogen-bond acceptors (Lipinski definition) is 3. The molecular formula is C14H18Cl2O3. The first-order chi connectivity index (χ1) is 8.84. The van der Waals surface area contributed by atoms with Gasteiger partial charge in [-0.1, -0.05) is 36.2 Å². The largest absolute Gasteiger partial charge is 0.466 e. The molecule has 1 N–H and O–H groups in total. The molecule has 19 heavy (non-hydrogen) atoms. The molecule has 1 rings (SSSR count). The molecule has 3 nitrogen and oxygen atoms in total. The van der Waals surface area contributed by atoms with Crippen LogP contribution in [0.5, 0.6) is 0 Å². The lowest BCUT2D eigenvalue weighted by atomic mass is 9.81. The Hall–Kier alpha value is -0.770. The molecule has 0 aliphatic carbocycles. The van der Waals surface area contributed by atoms with Gasteiger partial charge < -0.3 is 9.84 Å². The summed E-state index contributed by atoms with van der Waals surface area (Å²) in [5.74, 6) is -1.10. The van der Waals surface area contributed by atoms with Crippen molar-refractivity contribution in [2.24, 2.45) is 5.92 Å². The summed E-state index contributed by atoms with van der Waals surface area (Å²) in [6, 6.07) is 4.81. The lowest BCUT2D eigenvalue weighted by Gasteiger charge is -2.31. The van der Waals surface area contributed by atoms with Gasteiger partial charge in [-0.2, -0.15) is 0 Å². The Bertz CT molecular complexity index is 458. The molecule has 0 aliphatic heterocycles. The predicted octanol–water partition coefficient (Wildman–Crippen LogP) is 3.79. The third-order valence-electron chi connectivity index (χ3n) is 3.13. The number of aliphatic hydroxyl groups is 1. The average Bonchev–Trinajstić information content (AvgIpc) is 2.28. The van der Waals surface area contributed by atoms with Gasteiger partial charge >= 0.3 is 5.97 Å². The molecule has 2 atom stereocenters. The van der Waals surface area contributed by atoms with Gasteiger partial charge in [0.15, 0.2) is 0 Å². The number of rotatable bonds is 5. The van der Waals surface area contributed by atoms with E-state index in [1.54, 1.807) is 32.0 Å². The highest BCUT2D eigenvalue weighted by Gasteiger charge is 2.39. The van der Waals surface area contributed by atoms with Crippen LogP contribution >= 0.6 is 23.2 Å². The van der Waals surface area contributed by atoms with E-state index < -0.39 is 17.5 Å². The Kier molecular flexibility index (Phi) is 5.65. The summed E-state index contributed by atoms with van der Waals surface area (Å²) in [5.41, 5.74) is -0.929. The van der Waals surface area contributed by atoms with E-state index in [-0.39, 0.29) is 6.61 Å². The van der Waals surface area contributed by atoms with Crippen molar-refractivity contribution in [2.75, 3.05) is 6.61 Å². The fourth-order valence-corrected chi connectivity index (χ4v) is 2.72. The summed E-state index contributed by atoms with van der Waals surface area (Å²) >= 11 is 11.9. The van der Waals surface area contributed by atoms with Gasteiger partial charge in [0, 0.05) is 15.6 Å². The number of carbonyl (C=O) groups excluding carboxylic acids is 1. The van der Waals surface area contributed by atoms with E-state index in [4.69, 9.17) is 27.9 Å². The second kappa shape index (κ2) is 6.60. The van der Waals surface area contributed by atoms with Crippen LogP contribution in [0.15, 0.2) is 18.2 Å². The highest BCUT2D eigenvalue weighted by Crippen LogP contribution is 2.37. The van der Waals surface area contributed by atoms with E-state index >= 15 is 0 Å². The van der Waals surface area contributed by atoms with Crippen LogP contribution in [0.3, 0.4) is 0 Å². The van der Waals surface area contributed by atoms with Crippen LogP contribution in [0.1, 0.15) is 32.8 Å². The van der Waals surface area contributed by atoms with E-state index in [1.807, 2.05) is 6.92 Å². The SMILES string of the molecule is CCOC(=O)C(CC)C(C)(O)c1ccc(Cl)cc1Cl. The van der Waals surface area contributed by atoms with Gasteiger partial charge in [-0.05, 0) is 32.4 Å². The molecule has 0 fully saturated rings. The van der Waals surface area contributed by atoms with Gasteiger partial charge in [-0.3, -0.25) is 4.79 Å². The van der Waals surface area contributed by atoms with Crippen LogP contribution in [0, 0.1) is 5.92 Å². The molecule has 0 radical (unpaired) electrons. The standard InChI is InChI=1S/C14H18Cl2O3/c1-4-10(13(17)19-5-2)14(3,18)11-7-6-9(15)8-12(11)16/h6-8,10,18H,4-5H2,1-3H3. The van der Waals surface area contributed by atoms with Crippen LogP contribution in [0.4, 0.5) is 0 Å². The van der Waals surface area contributed by atoms with E-state index in [0.29, 0.717) is 22.0 Å². The lowest BCUT2D eigenvalue weighted by Crippen LogP contribution is -2.38. The highest BCUT2D eigenvalue weighted by atomic mass is 35.5. The molecule has 0 heterocycles. The van der Waals surface area contributed by atoms with E-state index in [1.165, 1.54) is 0 Å². The number of halogens is 2. The first-order valence-electron chi connectivity index (χ1n) is 6.19. The summed E-state index contributed by atoms with van der Waals surface area (Å²) in [7, 11) is 0. The molecule has 0 amide bonds. The number of benzene rings is 1. The second-order valence-corrected chi connectivity index (χ2v) is 5.33. The highest BCUT2D eigenvalue weighted by molar-refractivity contribution is 6.35. The molecule has 0 bridgehead atoms. The summed E-state index contributed by atoms with van der Waals surface area (Å²) in [6.07, 6.45) is 0.449. The third kappa shape index (κ3) is 3.62. The Balaban J connectivity index is 3.15. The van der Waals surface area contributed by atoms with Crippen molar-refractivity contribution in [1.82, 2.24) is 0 Å². The van der Waals surface area contributed by atoms with E-state index in [2.05, 4.69) is 0 Å². The Morgan fingerprint density at radius 1 is 1.42 bits per heavy atom. The molecule has 1 aromatic carbocycles. The fourth-order valence-electron chi connectivity index (χ4n) is 2.12. The van der Waals surface area contributed by atoms with Crippen molar-refractivity contribution in [3.63, 3.8) is 0 Å². The smallest absolute Gasteiger partial charge is 0.312 e. The molecule has 1 aromatic rings. The van der Waals surface area contributed by atoms with Gasteiger partial charge in [0.2, 0.25) is 0 Å². The van der Waals surface area contributed by atoms with Crippen molar-refractivity contribution in [3.05, 3.63) is 33.8 Å². The maximum atomic E-state index is 11.9. The average molecular weight is 305 g/mol. The summed E-state index contributed by atoms with van der Waals surface area (Å²) in [4.78, 5) is 11.9. The first kappa shape index (κ1) is 16.3. The maximum absolute atomic E-state index is 11.9. The second-order valence-electron chi connectivity index (χ2n) is 4.48. The minimum atomic E-state index is -1.40. The van der Waals surface area contributed by atoms with Crippen LogP contribution in [0.2, 0.25) is 10.0 Å². The molecule has 5 heteroatoms. The monoisotopic (exact) mass is 304 g/mol. The van der Waals surface area contributed by atoms with Crippen LogP contribution in [0.25, 0.3) is 0 Å². The van der Waals surface area contributed by atoms with E-state index in [0.717, 1.165) is 0 Å². The molecule has 106 valence electrons. The molecule has 0 aliphatic rings. The minimum absolute atomic E-state index is 0.278. The number of ether oxygens (including phenoxy) is 1. The van der Waals surface area contributed by atoms with Crippen LogP contribution < -0.4 is 0 Å². The molecule has 0 saturated heterocycles. The molecule has 0 spiro atoms. The van der Waals surface area contributed by atoms with Gasteiger partial charge in [0.1, 0.15) is 5.60 Å². The normalized spacial score (nSPS) is 15.7. The maximum Gasteiger partial charge on any atom is 0.312 e. The zero-order valence-corrected chi connectivity index (χ0v) is 12.8. The predicted molar refractivity (Wildman–Crippen MR) is 76.4 cm³/mol. The minimum Gasteiger partial charge on any atom is -0.466 e. The fraction of sp³-hybridized carbons (Fsp3) is 0.500. The third-order valence-corrected chi connectivity index (χ3v) is 3.68. The Morgan fingerprint density at radius 3 is 2.53 bits per heavy atom. The van der Waals surface area contributed by atoms with Crippen LogP contribution in [-0.2, 0) is 15.1 Å². The van der Waals surface area contributed by atoms with Crippen molar-refractivity contribution in [3.8, 4) is 0 Å². The Labute approximate surface area is 123 Å². The molecule has 2 unspecified atom stereocenters. The summed E-state index contributed by atoms with van der Waals surface area (Å²) in [6.45, 7) is 5.39. The van der Waals surface area contributed by atoms with Gasteiger partial charge in [-0.25, -0.2) is 0 Å². The molecular weight excluding hydrogens is 287 g/mol.